The molecule has 0 spiro atoms. The number of fused-ring (bicyclic) bond motifs is 3. The van der Waals surface area contributed by atoms with Crippen LogP contribution in [-0.4, -0.2) is 74.7 Å². The summed E-state index contributed by atoms with van der Waals surface area (Å²) in [5.41, 5.74) is 15.0. The average molecular weight is 718 g/mol. The lowest BCUT2D eigenvalue weighted by Gasteiger charge is -2.26. The lowest BCUT2D eigenvalue weighted by Crippen LogP contribution is -2.46. The molecule has 13 nitrogen and oxygen atoms in total. The van der Waals surface area contributed by atoms with E-state index in [0.29, 0.717) is 12.8 Å². The number of hydrogen-bond acceptors (Lipinski definition) is 8. The van der Waals surface area contributed by atoms with E-state index in [1.807, 2.05) is 55.5 Å². The summed E-state index contributed by atoms with van der Waals surface area (Å²) in [4.78, 5) is 55.8. The summed E-state index contributed by atoms with van der Waals surface area (Å²) in [5, 5.41) is 14.5. The largest absolute Gasteiger partial charge is 0.481 e. The fourth-order valence-corrected chi connectivity index (χ4v) is 6.27. The number of Topliss-reactive ketones (excluding diaryl/α,β-unsaturated/α-hetero) is 1. The third kappa shape index (κ3) is 11.3. The highest BCUT2D eigenvalue weighted by molar-refractivity contribution is 7.96. The van der Waals surface area contributed by atoms with Gasteiger partial charge in [-0.1, -0.05) is 80.4 Å². The van der Waals surface area contributed by atoms with Gasteiger partial charge in [-0.05, 0) is 47.1 Å². The van der Waals surface area contributed by atoms with Crippen molar-refractivity contribution in [3.8, 4) is 11.1 Å². The summed E-state index contributed by atoms with van der Waals surface area (Å²) in [6, 6.07) is 13.4. The van der Waals surface area contributed by atoms with Crippen molar-refractivity contribution in [2.75, 3.05) is 19.4 Å². The van der Waals surface area contributed by atoms with Crippen LogP contribution in [0.1, 0.15) is 63.0 Å². The maximum Gasteiger partial charge on any atom is 0.407 e. The number of hydrogen-bond donors (Lipinski definition) is 5. The van der Waals surface area contributed by atoms with Gasteiger partial charge in [-0.15, -0.1) is 0 Å². The number of nitrogens with one attached hydrogen (secondary N) is 2. The summed E-state index contributed by atoms with van der Waals surface area (Å²) in [7, 11) is -3.86. The van der Waals surface area contributed by atoms with Crippen LogP contribution in [0.25, 0.3) is 11.1 Å². The maximum absolute atomic E-state index is 13.8. The highest BCUT2D eigenvalue weighted by Crippen LogP contribution is 2.44. The van der Waals surface area contributed by atoms with E-state index in [9.17, 15) is 32.7 Å². The molecule has 15 heteroatoms. The summed E-state index contributed by atoms with van der Waals surface area (Å²) >= 11 is 5.86. The normalized spacial score (nSPS) is 15.1. The van der Waals surface area contributed by atoms with Gasteiger partial charge in [-0.25, -0.2) is 13.2 Å². The molecule has 7 N–H and O–H groups in total. The van der Waals surface area contributed by atoms with Gasteiger partial charge in [-0.2, -0.15) is 0 Å². The van der Waals surface area contributed by atoms with E-state index < -0.39 is 62.4 Å². The molecule has 0 heterocycles. The second-order valence-electron chi connectivity index (χ2n) is 12.1. The topological polar surface area (TPSA) is 220 Å². The Morgan fingerprint density at radius 3 is 2.14 bits per heavy atom. The van der Waals surface area contributed by atoms with Crippen LogP contribution in [0.15, 0.2) is 64.0 Å². The summed E-state index contributed by atoms with van der Waals surface area (Å²) < 4.78 is 28.7. The first-order valence-electron chi connectivity index (χ1n) is 15.9. The minimum atomic E-state index is -3.86. The minimum Gasteiger partial charge on any atom is -0.481 e. The van der Waals surface area contributed by atoms with Crippen LogP contribution >= 0.6 is 11.6 Å². The van der Waals surface area contributed by atoms with Crippen molar-refractivity contribution < 1.29 is 37.4 Å². The van der Waals surface area contributed by atoms with E-state index >= 15 is 0 Å². The highest BCUT2D eigenvalue weighted by Gasteiger charge is 2.33. The lowest BCUT2D eigenvalue weighted by molar-refractivity contribution is -0.138. The average Bonchev–Trinajstić information content (AvgIpc) is 3.36. The van der Waals surface area contributed by atoms with E-state index in [1.54, 1.807) is 6.92 Å². The summed E-state index contributed by atoms with van der Waals surface area (Å²) in [5.74, 6) is -4.03. The Morgan fingerprint density at radius 2 is 1.61 bits per heavy atom. The molecule has 3 rings (SSSR count). The molecule has 0 radical (unpaired) electrons. The van der Waals surface area contributed by atoms with Crippen LogP contribution in [0.3, 0.4) is 0 Å². The first kappa shape index (κ1) is 39.0. The van der Waals surface area contributed by atoms with Gasteiger partial charge in [0.1, 0.15) is 11.0 Å². The fourth-order valence-electron chi connectivity index (χ4n) is 5.71. The first-order chi connectivity index (χ1) is 23.1. The SMILES string of the molecule is CCC(C)[C@@H](CC(=O)[C@H](CCCN=C(N)N)NC(=O)OCC1c2ccccc2-c2ccccc21)C(=O)N[C@H](/C=C(\Cl)S(C)(=O)=O)CC(=O)O. The molecule has 0 aromatic heterocycles. The molecule has 2 aromatic rings. The Kier molecular flexibility index (Phi) is 14.2. The van der Waals surface area contributed by atoms with Crippen molar-refractivity contribution in [1.82, 2.24) is 10.6 Å². The molecular formula is C34H44ClN5O8S. The standard InChI is InChI=1S/C34H44ClN5O8S/c1-4-20(2)26(32(44)39-21(17-31(42)43)16-30(35)49(3,46)47)18-29(41)28(14-9-15-38-33(36)37)40-34(45)48-19-27-24-12-7-5-10-22(24)23-11-6-8-13-25(23)27/h5-8,10-13,16,20-21,26-28H,4,9,14-15,17-19H2,1-3H3,(H,39,44)(H,40,45)(H,42,43)(H4,36,37,38)/b30-16+/t20?,21-,26-,28+/m1/s1. The van der Waals surface area contributed by atoms with E-state index in [4.69, 9.17) is 27.8 Å². The van der Waals surface area contributed by atoms with Crippen molar-refractivity contribution in [3.63, 3.8) is 0 Å². The number of rotatable bonds is 18. The number of nitrogens with zero attached hydrogens (tertiary/aromatic N) is 1. The van der Waals surface area contributed by atoms with Gasteiger partial charge >= 0.3 is 12.1 Å². The molecule has 2 aromatic carbocycles. The van der Waals surface area contributed by atoms with Crippen LogP contribution in [-0.2, 0) is 29.0 Å². The number of guanidine groups is 1. The molecule has 0 saturated carbocycles. The molecule has 2 amide bonds. The number of sulfone groups is 1. The fraction of sp³-hybridized carbons (Fsp3) is 0.441. The van der Waals surface area contributed by atoms with Crippen molar-refractivity contribution in [3.05, 3.63) is 70.1 Å². The second-order valence-corrected chi connectivity index (χ2v) is 14.7. The van der Waals surface area contributed by atoms with Crippen molar-refractivity contribution >= 4 is 51.2 Å². The number of alkyl carbamates (subject to hydrolysis) is 1. The van der Waals surface area contributed by atoms with Gasteiger partial charge in [0.05, 0.1) is 18.5 Å². The third-order valence-corrected chi connectivity index (χ3v) is 10.3. The number of carbonyl (C=O) groups is 4. The predicted octanol–water partition coefficient (Wildman–Crippen LogP) is 3.65. The molecule has 49 heavy (non-hydrogen) atoms. The predicted molar refractivity (Wildman–Crippen MR) is 187 cm³/mol. The Balaban J connectivity index is 1.77. The monoisotopic (exact) mass is 717 g/mol. The molecular weight excluding hydrogens is 674 g/mol. The smallest absolute Gasteiger partial charge is 0.407 e. The van der Waals surface area contributed by atoms with E-state index in [1.165, 1.54) is 0 Å². The van der Waals surface area contributed by atoms with Gasteiger partial charge in [0.2, 0.25) is 5.91 Å². The third-order valence-electron chi connectivity index (χ3n) is 8.47. The van der Waals surface area contributed by atoms with Crippen LogP contribution in [0.2, 0.25) is 0 Å². The van der Waals surface area contributed by atoms with Gasteiger partial charge < -0.3 is 31.9 Å². The maximum atomic E-state index is 13.8. The zero-order valence-electron chi connectivity index (χ0n) is 27.7. The number of carboxylic acids is 1. The zero-order valence-corrected chi connectivity index (χ0v) is 29.3. The van der Waals surface area contributed by atoms with Gasteiger partial charge in [0, 0.05) is 31.1 Å². The van der Waals surface area contributed by atoms with Crippen LogP contribution in [0.5, 0.6) is 0 Å². The number of amides is 2. The lowest BCUT2D eigenvalue weighted by atomic mass is 9.84. The van der Waals surface area contributed by atoms with Gasteiger partial charge in [0.25, 0.3) is 0 Å². The number of ether oxygens (including phenoxy) is 1. The molecule has 0 saturated heterocycles. The number of nitrogens with two attached hydrogens (primary N) is 2. The minimum absolute atomic E-state index is 0.0290. The molecule has 0 aliphatic heterocycles. The Morgan fingerprint density at radius 1 is 1.02 bits per heavy atom. The summed E-state index contributed by atoms with van der Waals surface area (Å²) in [6.07, 6.45) is 0.997. The number of halogens is 1. The van der Waals surface area contributed by atoms with Crippen molar-refractivity contribution in [1.29, 1.82) is 0 Å². The van der Waals surface area contributed by atoms with Gasteiger partial charge in [0.15, 0.2) is 21.6 Å². The van der Waals surface area contributed by atoms with E-state index in [2.05, 4.69) is 15.6 Å². The van der Waals surface area contributed by atoms with Gasteiger partial charge in [-0.3, -0.25) is 19.4 Å². The molecule has 1 aliphatic rings. The molecule has 266 valence electrons. The quantitative estimate of drug-likeness (QED) is 0.0856. The summed E-state index contributed by atoms with van der Waals surface area (Å²) in [6.45, 7) is 3.81. The number of ketones is 1. The Hall–Kier alpha value is -4.43. The molecule has 1 aliphatic carbocycles. The number of aliphatic carboxylic acids is 1. The van der Waals surface area contributed by atoms with Crippen molar-refractivity contribution in [2.45, 2.75) is 64.0 Å². The van der Waals surface area contributed by atoms with Crippen LogP contribution < -0.4 is 22.1 Å². The zero-order chi connectivity index (χ0) is 36.3. The van der Waals surface area contributed by atoms with Crippen LogP contribution in [0.4, 0.5) is 4.79 Å². The number of carbonyl (C=O) groups excluding carboxylic acids is 3. The highest BCUT2D eigenvalue weighted by atomic mass is 35.5. The molecule has 0 fully saturated rings. The Bertz CT molecular complexity index is 1650. The number of carboxylic acid groups (broad SMARTS) is 1. The Labute approximate surface area is 291 Å². The van der Waals surface area contributed by atoms with E-state index in [0.717, 1.165) is 34.6 Å². The van der Waals surface area contributed by atoms with Crippen LogP contribution in [0, 0.1) is 11.8 Å². The second kappa shape index (κ2) is 17.8. The molecule has 1 unspecified atom stereocenters. The number of aliphatic imine (C=N–C) groups is 1. The first-order valence-corrected chi connectivity index (χ1v) is 18.2. The molecule has 0 bridgehead atoms. The van der Waals surface area contributed by atoms with Crippen molar-refractivity contribution in [2.24, 2.45) is 28.3 Å². The van der Waals surface area contributed by atoms with E-state index in [-0.39, 0.29) is 43.8 Å². The molecule has 4 atom stereocenters. The number of benzene rings is 2.